The molecule has 1 aliphatic heterocycles. The minimum atomic E-state index is -1.12. The molecule has 4 rings (SSSR count). The van der Waals surface area contributed by atoms with Gasteiger partial charge in [0.2, 0.25) is 0 Å². The molecule has 0 spiro atoms. The van der Waals surface area contributed by atoms with Crippen molar-refractivity contribution in [3.63, 3.8) is 0 Å². The number of imidazole rings is 1. The number of carboxylic acids is 1. The van der Waals surface area contributed by atoms with E-state index in [1.165, 1.54) is 12.3 Å². The molecule has 3 aromatic rings. The van der Waals surface area contributed by atoms with E-state index in [1.807, 2.05) is 0 Å². The Morgan fingerprint density at radius 1 is 1.19 bits per heavy atom. The summed E-state index contributed by atoms with van der Waals surface area (Å²) in [7, 11) is 0. The Morgan fingerprint density at radius 3 is 2.63 bits per heavy atom. The molecule has 5 nitrogen and oxygen atoms in total. The van der Waals surface area contributed by atoms with Crippen LogP contribution in [0, 0.1) is 13.2 Å². The summed E-state index contributed by atoms with van der Waals surface area (Å²) in [5, 5.41) is 9.66. The van der Waals surface area contributed by atoms with Gasteiger partial charge in [0.1, 0.15) is 11.6 Å². The minimum Gasteiger partial charge on any atom is -0.476 e. The van der Waals surface area contributed by atoms with Crippen LogP contribution in [0.15, 0.2) is 53.7 Å². The average Bonchev–Trinajstić information content (AvgIpc) is 2.95. The molecule has 0 saturated carbocycles. The van der Waals surface area contributed by atoms with Crippen molar-refractivity contribution in [2.45, 2.75) is 6.54 Å². The Hall–Kier alpha value is -2.30. The second kappa shape index (κ2) is 8.15. The normalized spacial score (nSPS) is 11.9. The predicted molar refractivity (Wildman–Crippen MR) is 97.7 cm³/mol. The van der Waals surface area contributed by atoms with Crippen LogP contribution in [-0.4, -0.2) is 26.3 Å². The number of carboxylic acid groups (broad SMARTS) is 1. The van der Waals surface area contributed by atoms with Gasteiger partial charge in [0.05, 0.1) is 17.9 Å². The quantitative estimate of drug-likeness (QED) is 0.484. The number of aliphatic imine (C=N–C) groups is 1. The first-order valence-corrected chi connectivity index (χ1v) is 7.83. The number of benzene rings is 2. The Bertz CT molecular complexity index is 1050. The summed E-state index contributed by atoms with van der Waals surface area (Å²) in [6, 6.07) is 11.5. The van der Waals surface area contributed by atoms with Crippen LogP contribution in [0.1, 0.15) is 27.4 Å². The fourth-order valence-corrected chi connectivity index (χ4v) is 3.04. The van der Waals surface area contributed by atoms with Gasteiger partial charge in [-0.1, -0.05) is 23.7 Å². The van der Waals surface area contributed by atoms with Crippen LogP contribution in [-0.2, 0) is 27.6 Å². The van der Waals surface area contributed by atoms with E-state index in [2.05, 4.69) is 9.98 Å². The van der Waals surface area contributed by atoms with E-state index in [-0.39, 0.29) is 40.7 Å². The van der Waals surface area contributed by atoms with E-state index in [9.17, 15) is 14.3 Å². The molecule has 0 aliphatic carbocycles. The molecule has 1 aliphatic rings. The molecular weight excluding hydrogens is 541 g/mol. The Kier molecular flexibility index (Phi) is 6.34. The van der Waals surface area contributed by atoms with Crippen LogP contribution >= 0.6 is 11.6 Å². The Morgan fingerprint density at radius 2 is 1.93 bits per heavy atom. The van der Waals surface area contributed by atoms with Gasteiger partial charge in [-0.15, -0.1) is 0 Å². The molecule has 2 aromatic carbocycles. The predicted octanol–water partition coefficient (Wildman–Crippen LogP) is 4.16. The number of rotatable bonds is 2. The molecule has 0 amide bonds. The maximum atomic E-state index is 14.3. The van der Waals surface area contributed by atoms with Gasteiger partial charge in [0, 0.05) is 43.4 Å². The molecular formula is C19H14ClFN3O2W-. The fourth-order valence-electron chi connectivity index (χ4n) is 2.87. The molecule has 1 N–H and O–H groups in total. The van der Waals surface area contributed by atoms with Gasteiger partial charge in [0.15, 0.2) is 5.69 Å². The number of halogens is 2. The van der Waals surface area contributed by atoms with Crippen LogP contribution in [0.25, 0.3) is 5.69 Å². The first-order chi connectivity index (χ1) is 12.0. The molecule has 0 bridgehead atoms. The van der Waals surface area contributed by atoms with E-state index < -0.39 is 11.8 Å². The third-order valence-electron chi connectivity index (χ3n) is 3.98. The van der Waals surface area contributed by atoms with Crippen LogP contribution in [0.3, 0.4) is 0 Å². The first kappa shape index (κ1) is 21.0. The zero-order valence-electron chi connectivity index (χ0n) is 14.2. The van der Waals surface area contributed by atoms with Crippen molar-refractivity contribution in [1.29, 1.82) is 0 Å². The van der Waals surface area contributed by atoms with Gasteiger partial charge in [-0.25, -0.2) is 14.2 Å². The number of fused-ring (bicyclic) bond motifs is 3. The van der Waals surface area contributed by atoms with Crippen LogP contribution in [0.4, 0.5) is 4.39 Å². The minimum absolute atomic E-state index is 0. The fraction of sp³-hybridized carbons (Fsp3) is 0.0526. The van der Waals surface area contributed by atoms with Gasteiger partial charge < -0.3 is 17.1 Å². The molecule has 27 heavy (non-hydrogen) atoms. The molecule has 8 heteroatoms. The van der Waals surface area contributed by atoms with Gasteiger partial charge in [-0.05, 0) is 30.3 Å². The molecule has 0 radical (unpaired) electrons. The number of hydrogen-bond donors (Lipinski definition) is 1. The van der Waals surface area contributed by atoms with Crippen molar-refractivity contribution in [3.8, 4) is 5.69 Å². The summed E-state index contributed by atoms with van der Waals surface area (Å²) in [5.74, 6) is -1.04. The number of aromatic nitrogens is 2. The average molecular weight is 555 g/mol. The SMILES string of the molecule is O=C(O)c1cn2c(n1)CN=C(c1ccccc1F)c1cc(Cl)ccc1-2.[CH3-].[W]. The van der Waals surface area contributed by atoms with E-state index >= 15 is 0 Å². The first-order valence-electron chi connectivity index (χ1n) is 7.46. The van der Waals surface area contributed by atoms with Crippen molar-refractivity contribution in [2.75, 3.05) is 0 Å². The Balaban J connectivity index is 0.00000131. The number of hydrogen-bond acceptors (Lipinski definition) is 3. The number of nitrogens with zero attached hydrogens (tertiary/aromatic N) is 3. The van der Waals surface area contributed by atoms with E-state index in [0.717, 1.165) is 0 Å². The number of carbonyl (C=O) groups is 1. The molecule has 0 atom stereocenters. The van der Waals surface area contributed by atoms with Crippen molar-refractivity contribution < 1.29 is 35.4 Å². The van der Waals surface area contributed by atoms with Crippen LogP contribution in [0.2, 0.25) is 5.02 Å². The van der Waals surface area contributed by atoms with Crippen molar-refractivity contribution >= 4 is 23.3 Å². The summed E-state index contributed by atoms with van der Waals surface area (Å²) in [5.41, 5.74) is 2.01. The molecule has 0 saturated heterocycles. The summed E-state index contributed by atoms with van der Waals surface area (Å²) in [6.07, 6.45) is 1.43. The zero-order valence-corrected chi connectivity index (χ0v) is 17.9. The summed E-state index contributed by atoms with van der Waals surface area (Å²) in [4.78, 5) is 19.8. The standard InChI is InChI=1S/C18H11ClFN3O2.CH3.W/c19-10-5-6-15-12(7-10)17(11-3-1-2-4-13(11)20)21-8-16-22-14(18(24)25)9-23(15)16;;/h1-7,9H,8H2,(H,24,25);1H3;/q;-1;. The maximum Gasteiger partial charge on any atom is 0.356 e. The molecule has 1 aromatic heterocycles. The van der Waals surface area contributed by atoms with E-state index in [4.69, 9.17) is 11.6 Å². The van der Waals surface area contributed by atoms with Crippen molar-refractivity contribution in [2.24, 2.45) is 4.99 Å². The molecule has 2 heterocycles. The third-order valence-corrected chi connectivity index (χ3v) is 4.21. The summed E-state index contributed by atoms with van der Waals surface area (Å²) < 4.78 is 16.0. The van der Waals surface area contributed by atoms with Gasteiger partial charge in [-0.2, -0.15) is 0 Å². The monoisotopic (exact) mass is 554 g/mol. The second-order valence-electron chi connectivity index (χ2n) is 5.52. The van der Waals surface area contributed by atoms with E-state index in [1.54, 1.807) is 41.0 Å². The zero-order chi connectivity index (χ0) is 17.6. The smallest absolute Gasteiger partial charge is 0.356 e. The van der Waals surface area contributed by atoms with Crippen molar-refractivity contribution in [1.82, 2.24) is 9.55 Å². The maximum absolute atomic E-state index is 14.3. The molecule has 0 fully saturated rings. The largest absolute Gasteiger partial charge is 0.476 e. The van der Waals surface area contributed by atoms with Gasteiger partial charge >= 0.3 is 5.97 Å². The third kappa shape index (κ3) is 3.73. The number of aromatic carboxylic acids is 1. The summed E-state index contributed by atoms with van der Waals surface area (Å²) >= 11 is 6.14. The van der Waals surface area contributed by atoms with Gasteiger partial charge in [-0.3, -0.25) is 4.99 Å². The van der Waals surface area contributed by atoms with Crippen LogP contribution < -0.4 is 0 Å². The van der Waals surface area contributed by atoms with E-state index in [0.29, 0.717) is 33.4 Å². The molecule has 0 unspecified atom stereocenters. The topological polar surface area (TPSA) is 67.5 Å². The van der Waals surface area contributed by atoms with Crippen molar-refractivity contribution in [3.05, 3.63) is 89.6 Å². The second-order valence-corrected chi connectivity index (χ2v) is 5.96. The summed E-state index contributed by atoms with van der Waals surface area (Å²) in [6.45, 7) is 0.128. The van der Waals surface area contributed by atoms with Gasteiger partial charge in [0.25, 0.3) is 0 Å². The molecule has 138 valence electrons. The van der Waals surface area contributed by atoms with Crippen LogP contribution in [0.5, 0.6) is 0 Å². The Labute approximate surface area is 174 Å².